The van der Waals surface area contributed by atoms with Gasteiger partial charge < -0.3 is 9.64 Å². The second-order valence-corrected chi connectivity index (χ2v) is 5.40. The predicted molar refractivity (Wildman–Crippen MR) is 79.0 cm³/mol. The minimum absolute atomic E-state index is 0.366. The molecule has 102 valence electrons. The first kappa shape index (κ1) is 15.3. The molecule has 0 aromatic heterocycles. The van der Waals surface area contributed by atoms with Crippen molar-refractivity contribution in [1.82, 2.24) is 4.90 Å². The first-order valence-electron chi connectivity index (χ1n) is 6.31. The molecule has 0 saturated heterocycles. The number of aryl methyl sites for hydroxylation is 1. The van der Waals surface area contributed by atoms with E-state index in [1.54, 1.807) is 7.11 Å². The van der Waals surface area contributed by atoms with E-state index in [4.69, 9.17) is 16.3 Å². The average Bonchev–Trinajstić information content (AvgIpc) is 2.31. The summed E-state index contributed by atoms with van der Waals surface area (Å²) in [7, 11) is 5.94. The highest BCUT2D eigenvalue weighted by molar-refractivity contribution is 6.17. The summed E-state index contributed by atoms with van der Waals surface area (Å²) in [6.45, 7) is 6.39. The molecule has 0 saturated carbocycles. The maximum absolute atomic E-state index is 5.93. The molecule has 2 nitrogen and oxygen atoms in total. The summed E-state index contributed by atoms with van der Waals surface area (Å²) < 4.78 is 5.47. The van der Waals surface area contributed by atoms with Crippen molar-refractivity contribution >= 4 is 11.6 Å². The minimum atomic E-state index is 0.366. The zero-order valence-electron chi connectivity index (χ0n) is 12.3. The van der Waals surface area contributed by atoms with Crippen molar-refractivity contribution in [3.8, 4) is 5.75 Å². The van der Waals surface area contributed by atoms with Gasteiger partial charge in [0, 0.05) is 11.9 Å². The topological polar surface area (TPSA) is 12.5 Å². The lowest BCUT2D eigenvalue weighted by atomic mass is 9.92. The fraction of sp³-hybridized carbons (Fsp3) is 0.600. The SMILES string of the molecule is COc1c(C)cc(C(CCCl)N(C)C)c(C)c1C. The molecule has 0 spiro atoms. The van der Waals surface area contributed by atoms with Crippen LogP contribution in [0.25, 0.3) is 0 Å². The second-order valence-electron chi connectivity index (χ2n) is 5.02. The van der Waals surface area contributed by atoms with Gasteiger partial charge in [-0.3, -0.25) is 0 Å². The number of alkyl halides is 1. The van der Waals surface area contributed by atoms with Crippen LogP contribution in [0.3, 0.4) is 0 Å². The van der Waals surface area contributed by atoms with Crippen LogP contribution < -0.4 is 4.74 Å². The van der Waals surface area contributed by atoms with Crippen LogP contribution in [0.5, 0.6) is 5.75 Å². The first-order valence-corrected chi connectivity index (χ1v) is 6.84. The molecule has 1 atom stereocenters. The molecule has 3 heteroatoms. The lowest BCUT2D eigenvalue weighted by molar-refractivity contribution is 0.291. The second kappa shape index (κ2) is 6.44. The van der Waals surface area contributed by atoms with E-state index >= 15 is 0 Å². The van der Waals surface area contributed by atoms with Crippen LogP contribution in [-0.4, -0.2) is 32.0 Å². The standard InChI is InChI=1S/C15H24ClNO/c1-10-9-13(14(7-8-16)17(4)5)11(2)12(3)15(10)18-6/h9,14H,7-8H2,1-6H3. The summed E-state index contributed by atoms with van der Waals surface area (Å²) in [5.74, 6) is 1.67. The van der Waals surface area contributed by atoms with E-state index in [-0.39, 0.29) is 0 Å². The van der Waals surface area contributed by atoms with Crippen LogP contribution in [-0.2, 0) is 0 Å². The Morgan fingerprint density at radius 2 is 1.83 bits per heavy atom. The van der Waals surface area contributed by atoms with Crippen molar-refractivity contribution in [2.45, 2.75) is 33.2 Å². The molecule has 1 unspecified atom stereocenters. The van der Waals surface area contributed by atoms with Gasteiger partial charge in [-0.05, 0) is 63.5 Å². The average molecular weight is 270 g/mol. The first-order chi connectivity index (χ1) is 8.43. The summed E-state index contributed by atoms with van der Waals surface area (Å²) in [6, 6.07) is 2.60. The Morgan fingerprint density at radius 1 is 1.22 bits per heavy atom. The van der Waals surface area contributed by atoms with Gasteiger partial charge >= 0.3 is 0 Å². The van der Waals surface area contributed by atoms with Crippen molar-refractivity contribution in [1.29, 1.82) is 0 Å². The largest absolute Gasteiger partial charge is 0.496 e. The van der Waals surface area contributed by atoms with Gasteiger partial charge in [0.05, 0.1) is 7.11 Å². The molecule has 18 heavy (non-hydrogen) atoms. The zero-order chi connectivity index (χ0) is 13.9. The molecular weight excluding hydrogens is 246 g/mol. The van der Waals surface area contributed by atoms with Crippen LogP contribution >= 0.6 is 11.6 Å². The molecular formula is C15H24ClNO. The van der Waals surface area contributed by atoms with E-state index < -0.39 is 0 Å². The molecule has 0 fully saturated rings. The minimum Gasteiger partial charge on any atom is -0.496 e. The Kier molecular flexibility index (Phi) is 5.48. The van der Waals surface area contributed by atoms with Gasteiger partial charge in [0.15, 0.2) is 0 Å². The summed E-state index contributed by atoms with van der Waals surface area (Å²) in [5.41, 5.74) is 5.09. The molecule has 1 aromatic carbocycles. The van der Waals surface area contributed by atoms with Crippen molar-refractivity contribution in [2.75, 3.05) is 27.1 Å². The van der Waals surface area contributed by atoms with E-state index in [1.165, 1.54) is 22.3 Å². The molecule has 0 radical (unpaired) electrons. The molecule has 1 aromatic rings. The van der Waals surface area contributed by atoms with Gasteiger partial charge in [-0.15, -0.1) is 11.6 Å². The Bertz CT molecular complexity index is 415. The molecule has 1 rings (SSSR count). The fourth-order valence-corrected chi connectivity index (χ4v) is 2.75. The van der Waals surface area contributed by atoms with E-state index in [0.29, 0.717) is 11.9 Å². The number of hydrogen-bond acceptors (Lipinski definition) is 2. The quantitative estimate of drug-likeness (QED) is 0.753. The van der Waals surface area contributed by atoms with Gasteiger partial charge in [-0.2, -0.15) is 0 Å². The lowest BCUT2D eigenvalue weighted by Gasteiger charge is -2.27. The third kappa shape index (κ3) is 2.99. The van der Waals surface area contributed by atoms with E-state index in [1.807, 2.05) is 0 Å². The van der Waals surface area contributed by atoms with Gasteiger partial charge in [0.2, 0.25) is 0 Å². The van der Waals surface area contributed by atoms with E-state index in [9.17, 15) is 0 Å². The van der Waals surface area contributed by atoms with Crippen molar-refractivity contribution in [3.05, 3.63) is 28.3 Å². The van der Waals surface area contributed by atoms with Crippen molar-refractivity contribution < 1.29 is 4.74 Å². The summed E-state index contributed by atoms with van der Waals surface area (Å²) in [6.07, 6.45) is 0.959. The Morgan fingerprint density at radius 3 is 2.28 bits per heavy atom. The van der Waals surface area contributed by atoms with Crippen molar-refractivity contribution in [3.63, 3.8) is 0 Å². The zero-order valence-corrected chi connectivity index (χ0v) is 13.1. The number of benzene rings is 1. The molecule has 0 amide bonds. The van der Waals surface area contributed by atoms with Crippen LogP contribution in [0, 0.1) is 20.8 Å². The number of hydrogen-bond donors (Lipinski definition) is 0. The molecule has 0 aliphatic heterocycles. The summed E-state index contributed by atoms with van der Waals surface area (Å²) in [5, 5.41) is 0. The number of ether oxygens (including phenoxy) is 1. The van der Waals surface area contributed by atoms with Crippen LogP contribution in [0.4, 0.5) is 0 Å². The number of halogens is 1. The summed E-state index contributed by atoms with van der Waals surface area (Å²) in [4.78, 5) is 2.23. The van der Waals surface area contributed by atoms with E-state index in [2.05, 4.69) is 45.8 Å². The molecule has 0 heterocycles. The maximum atomic E-state index is 5.93. The molecule has 0 aliphatic carbocycles. The number of methoxy groups -OCH3 is 1. The highest BCUT2D eigenvalue weighted by Crippen LogP contribution is 2.34. The monoisotopic (exact) mass is 269 g/mol. The maximum Gasteiger partial charge on any atom is 0.124 e. The number of nitrogens with zero attached hydrogens (tertiary/aromatic N) is 1. The Balaban J connectivity index is 3.32. The highest BCUT2D eigenvalue weighted by atomic mass is 35.5. The van der Waals surface area contributed by atoms with Crippen molar-refractivity contribution in [2.24, 2.45) is 0 Å². The third-order valence-corrected chi connectivity index (χ3v) is 3.85. The van der Waals surface area contributed by atoms with Crippen LogP contribution in [0.15, 0.2) is 6.07 Å². The molecule has 0 N–H and O–H groups in total. The van der Waals surface area contributed by atoms with Gasteiger partial charge in [0.1, 0.15) is 5.75 Å². The number of rotatable bonds is 5. The smallest absolute Gasteiger partial charge is 0.124 e. The van der Waals surface area contributed by atoms with Crippen LogP contribution in [0.2, 0.25) is 0 Å². The lowest BCUT2D eigenvalue weighted by Crippen LogP contribution is -2.22. The summed E-state index contributed by atoms with van der Waals surface area (Å²) >= 11 is 5.93. The van der Waals surface area contributed by atoms with Gasteiger partial charge in [-0.25, -0.2) is 0 Å². The molecule has 0 bridgehead atoms. The van der Waals surface area contributed by atoms with Gasteiger partial charge in [-0.1, -0.05) is 6.07 Å². The molecule has 0 aliphatic rings. The Labute approximate surface area is 116 Å². The Hall–Kier alpha value is -0.730. The predicted octanol–water partition coefficient (Wildman–Crippen LogP) is 3.85. The van der Waals surface area contributed by atoms with Crippen LogP contribution in [0.1, 0.15) is 34.7 Å². The highest BCUT2D eigenvalue weighted by Gasteiger charge is 2.19. The normalized spacial score (nSPS) is 12.9. The fourth-order valence-electron chi connectivity index (χ4n) is 2.55. The van der Waals surface area contributed by atoms with Gasteiger partial charge in [0.25, 0.3) is 0 Å². The van der Waals surface area contributed by atoms with E-state index in [0.717, 1.165) is 12.2 Å². The third-order valence-electron chi connectivity index (χ3n) is 3.64.